The molecule has 33 heavy (non-hydrogen) atoms. The van der Waals surface area contributed by atoms with Gasteiger partial charge < -0.3 is 19.1 Å². The van der Waals surface area contributed by atoms with Crippen LogP contribution < -0.4 is 20.1 Å². The van der Waals surface area contributed by atoms with Crippen molar-refractivity contribution in [3.63, 3.8) is 0 Å². The molecule has 6 rings (SSSR count). The van der Waals surface area contributed by atoms with Crippen molar-refractivity contribution in [1.29, 1.82) is 0 Å². The summed E-state index contributed by atoms with van der Waals surface area (Å²) in [6.07, 6.45) is 1.10. The second-order valence-corrected chi connectivity index (χ2v) is 8.93. The Morgan fingerprint density at radius 2 is 2.06 bits per heavy atom. The lowest BCUT2D eigenvalue weighted by Gasteiger charge is -2.32. The third kappa shape index (κ3) is 3.43. The van der Waals surface area contributed by atoms with E-state index in [1.54, 1.807) is 16.7 Å². The predicted molar refractivity (Wildman–Crippen MR) is 115 cm³/mol. The van der Waals surface area contributed by atoms with Crippen LogP contribution in [0.1, 0.15) is 12.0 Å². The molecule has 2 saturated heterocycles. The summed E-state index contributed by atoms with van der Waals surface area (Å²) < 4.78 is 46.6. The monoisotopic (exact) mass is 473 g/mol. The summed E-state index contributed by atoms with van der Waals surface area (Å²) in [6, 6.07) is 9.92. The summed E-state index contributed by atoms with van der Waals surface area (Å²) in [5, 5.41) is -0.0455. The lowest BCUT2D eigenvalue weighted by molar-refractivity contribution is 0.0856. The molecule has 3 aliphatic heterocycles. The molecule has 0 radical (unpaired) electrons. The van der Waals surface area contributed by atoms with Gasteiger partial charge in [0.05, 0.1) is 29.8 Å². The van der Waals surface area contributed by atoms with Crippen LogP contribution in [-0.4, -0.2) is 34.3 Å². The lowest BCUT2D eigenvalue weighted by Crippen LogP contribution is -2.46. The largest absolute Gasteiger partial charge is 0.473 e. The van der Waals surface area contributed by atoms with Crippen LogP contribution in [-0.2, 0) is 17.9 Å². The highest BCUT2D eigenvalue weighted by atomic mass is 35.5. The van der Waals surface area contributed by atoms with Crippen LogP contribution in [0, 0.1) is 11.6 Å². The quantitative estimate of drug-likeness (QED) is 0.560. The Kier molecular flexibility index (Phi) is 4.60. The van der Waals surface area contributed by atoms with Gasteiger partial charge in [0.15, 0.2) is 11.6 Å². The first-order valence-electron chi connectivity index (χ1n) is 10.5. The minimum Gasteiger partial charge on any atom is -0.473 e. The van der Waals surface area contributed by atoms with Crippen molar-refractivity contribution in [2.75, 3.05) is 18.1 Å². The first-order valence-corrected chi connectivity index (χ1v) is 10.8. The molecule has 1 spiro atoms. The molecule has 3 aliphatic rings. The molecule has 7 nitrogen and oxygen atoms in total. The Bertz CT molecular complexity index is 1330. The van der Waals surface area contributed by atoms with Crippen molar-refractivity contribution in [3.8, 4) is 17.4 Å². The molecule has 0 N–H and O–H groups in total. The van der Waals surface area contributed by atoms with Crippen molar-refractivity contribution in [1.82, 2.24) is 9.55 Å². The topological polar surface area (TPSA) is 65.8 Å². The Morgan fingerprint density at radius 3 is 2.85 bits per heavy atom. The molecule has 2 bridgehead atoms. The van der Waals surface area contributed by atoms with Gasteiger partial charge in [-0.15, -0.1) is 0 Å². The van der Waals surface area contributed by atoms with Crippen molar-refractivity contribution in [2.45, 2.75) is 31.2 Å². The third-order valence-corrected chi connectivity index (χ3v) is 6.66. The van der Waals surface area contributed by atoms with Crippen LogP contribution in [0.15, 0.2) is 47.3 Å². The molecule has 0 aliphatic carbocycles. The van der Waals surface area contributed by atoms with Crippen LogP contribution in [0.3, 0.4) is 0 Å². The summed E-state index contributed by atoms with van der Waals surface area (Å²) in [7, 11) is 0. The zero-order valence-corrected chi connectivity index (χ0v) is 18.0. The number of anilines is 1. The Morgan fingerprint density at radius 1 is 1.18 bits per heavy atom. The van der Waals surface area contributed by atoms with Gasteiger partial charge in [-0.3, -0.25) is 4.57 Å². The Labute approximate surface area is 192 Å². The summed E-state index contributed by atoms with van der Waals surface area (Å²) >= 11 is 5.65. The van der Waals surface area contributed by atoms with Gasteiger partial charge in [0.1, 0.15) is 24.0 Å². The van der Waals surface area contributed by atoms with Gasteiger partial charge in [0, 0.05) is 25.1 Å². The number of benzene rings is 2. The van der Waals surface area contributed by atoms with E-state index in [4.69, 9.17) is 25.8 Å². The van der Waals surface area contributed by atoms with E-state index in [-0.39, 0.29) is 46.3 Å². The van der Waals surface area contributed by atoms with Gasteiger partial charge in [0.25, 0.3) is 0 Å². The van der Waals surface area contributed by atoms with E-state index < -0.39 is 11.6 Å². The van der Waals surface area contributed by atoms with Gasteiger partial charge in [0.2, 0.25) is 5.88 Å². The maximum absolute atomic E-state index is 14.5. The Hall–Kier alpha value is -3.17. The van der Waals surface area contributed by atoms with E-state index in [0.29, 0.717) is 18.7 Å². The highest BCUT2D eigenvalue weighted by Crippen LogP contribution is 2.46. The van der Waals surface area contributed by atoms with E-state index >= 15 is 0 Å². The van der Waals surface area contributed by atoms with Gasteiger partial charge in [-0.25, -0.2) is 13.6 Å². The Balaban J connectivity index is 1.17. The number of morpholine rings is 1. The van der Waals surface area contributed by atoms with Gasteiger partial charge in [-0.1, -0.05) is 17.7 Å². The van der Waals surface area contributed by atoms with E-state index in [1.165, 1.54) is 24.3 Å². The number of fused-ring (bicyclic) bond motifs is 3. The highest BCUT2D eigenvalue weighted by molar-refractivity contribution is 6.30. The maximum atomic E-state index is 14.5. The van der Waals surface area contributed by atoms with E-state index in [0.717, 1.165) is 24.8 Å². The van der Waals surface area contributed by atoms with Crippen LogP contribution in [0.25, 0.3) is 0 Å². The van der Waals surface area contributed by atoms with Crippen molar-refractivity contribution >= 4 is 17.4 Å². The lowest BCUT2D eigenvalue weighted by atomic mass is 10.0. The molecule has 0 unspecified atom stereocenters. The van der Waals surface area contributed by atoms with Gasteiger partial charge in [-0.2, -0.15) is 4.98 Å². The van der Waals surface area contributed by atoms with Gasteiger partial charge >= 0.3 is 5.69 Å². The molecular formula is C23H18ClF2N3O4. The summed E-state index contributed by atoms with van der Waals surface area (Å²) in [4.78, 5) is 18.8. The second-order valence-electron chi connectivity index (χ2n) is 8.52. The molecule has 0 amide bonds. The smallest absolute Gasteiger partial charge is 0.352 e. The second kappa shape index (κ2) is 7.43. The maximum Gasteiger partial charge on any atom is 0.352 e. The average Bonchev–Trinajstić information content (AvgIpc) is 3.45. The number of aromatic nitrogens is 2. The molecule has 170 valence electrons. The molecule has 2 fully saturated rings. The predicted octanol–water partition coefficient (Wildman–Crippen LogP) is 3.91. The highest BCUT2D eigenvalue weighted by Gasteiger charge is 2.56. The molecule has 3 aromatic rings. The number of halogens is 3. The molecule has 10 heteroatoms. The molecule has 2 atom stereocenters. The average molecular weight is 474 g/mol. The van der Waals surface area contributed by atoms with E-state index in [9.17, 15) is 13.6 Å². The number of rotatable bonds is 5. The van der Waals surface area contributed by atoms with Crippen LogP contribution in [0.2, 0.25) is 5.02 Å². The normalized spacial score (nSPS) is 22.4. The zero-order valence-electron chi connectivity index (χ0n) is 17.3. The number of hydrogen-bond donors (Lipinski definition) is 0. The molecule has 2 aromatic carbocycles. The van der Waals surface area contributed by atoms with E-state index in [2.05, 4.69) is 9.88 Å². The fraction of sp³-hybridized carbons (Fsp3) is 0.304. The first-order chi connectivity index (χ1) is 15.9. The van der Waals surface area contributed by atoms with Crippen LogP contribution in [0.5, 0.6) is 17.4 Å². The summed E-state index contributed by atoms with van der Waals surface area (Å²) in [6.45, 7) is 1.92. The van der Waals surface area contributed by atoms with Crippen LogP contribution in [0.4, 0.5) is 14.6 Å². The fourth-order valence-corrected chi connectivity index (χ4v) is 4.92. The SMILES string of the molecule is O=c1nc(OCc2ccc(Oc3ccc(Cl)c(F)c3)c(F)c2)cc2n1C[C@]13CO[C@H](CN21)C3. The molecule has 4 heterocycles. The number of nitrogens with zero attached hydrogens (tertiary/aromatic N) is 3. The zero-order chi connectivity index (χ0) is 22.7. The number of ether oxygens (including phenoxy) is 3. The van der Waals surface area contributed by atoms with E-state index in [1.807, 2.05) is 0 Å². The van der Waals surface area contributed by atoms with Crippen molar-refractivity contribution < 1.29 is 23.0 Å². The van der Waals surface area contributed by atoms with Crippen molar-refractivity contribution in [2.24, 2.45) is 0 Å². The summed E-state index contributed by atoms with van der Waals surface area (Å²) in [5.74, 6) is -0.265. The first kappa shape index (κ1) is 20.4. The minimum atomic E-state index is -0.655. The molecule has 0 saturated carbocycles. The molecular weight excluding hydrogens is 456 g/mol. The number of hydrogen-bond acceptors (Lipinski definition) is 6. The standard InChI is InChI=1S/C23H18ClF2N3O4/c24-16-3-2-14(6-17(16)25)33-19-4-1-13(5-18(19)26)10-31-20-7-21-28(22(30)27-20)11-23-8-15(32-12-23)9-29(21)23/h1-7,15H,8-12H2/t15-,23+/m0/s1. The fourth-order valence-electron chi connectivity index (χ4n) is 4.80. The van der Waals surface area contributed by atoms with Crippen LogP contribution >= 0.6 is 11.6 Å². The minimum absolute atomic E-state index is 0.0134. The third-order valence-electron chi connectivity index (χ3n) is 6.35. The molecule has 1 aromatic heterocycles. The van der Waals surface area contributed by atoms with Crippen molar-refractivity contribution in [3.05, 3.63) is 75.2 Å². The van der Waals surface area contributed by atoms with Gasteiger partial charge in [-0.05, 0) is 29.8 Å². The summed E-state index contributed by atoms with van der Waals surface area (Å²) in [5.41, 5.74) is -0.0159.